The summed E-state index contributed by atoms with van der Waals surface area (Å²) in [6.45, 7) is 1.23. The highest BCUT2D eigenvalue weighted by molar-refractivity contribution is 6.05. The van der Waals surface area contributed by atoms with Crippen molar-refractivity contribution < 1.29 is 14.3 Å². The highest BCUT2D eigenvalue weighted by Gasteiger charge is 2.29. The van der Waals surface area contributed by atoms with Crippen LogP contribution in [0.25, 0.3) is 0 Å². The van der Waals surface area contributed by atoms with Crippen molar-refractivity contribution in [1.29, 1.82) is 0 Å². The number of carbonyl (C=O) groups excluding carboxylic acids is 2. The van der Waals surface area contributed by atoms with Crippen molar-refractivity contribution in [2.24, 2.45) is 0 Å². The molecule has 1 aromatic carbocycles. The van der Waals surface area contributed by atoms with Crippen LogP contribution in [0, 0.1) is 0 Å². The first kappa shape index (κ1) is 12.6. The monoisotopic (exact) mass is 248 g/mol. The average molecular weight is 248 g/mol. The van der Waals surface area contributed by atoms with E-state index in [1.807, 2.05) is 30.3 Å². The highest BCUT2D eigenvalue weighted by Crippen LogP contribution is 2.08. The van der Waals surface area contributed by atoms with Crippen LogP contribution in [0.5, 0.6) is 5.75 Å². The predicted molar refractivity (Wildman–Crippen MR) is 66.1 cm³/mol. The van der Waals surface area contributed by atoms with Crippen LogP contribution >= 0.6 is 0 Å². The molecule has 1 unspecified atom stereocenters. The summed E-state index contributed by atoms with van der Waals surface area (Å²) in [5.41, 5.74) is 0. The maximum absolute atomic E-state index is 11.2. The molecule has 1 aromatic rings. The Bertz CT molecular complexity index is 420. The minimum absolute atomic E-state index is 0.210. The summed E-state index contributed by atoms with van der Waals surface area (Å²) < 4.78 is 5.51. The van der Waals surface area contributed by atoms with E-state index in [0.717, 1.165) is 12.2 Å². The van der Waals surface area contributed by atoms with Gasteiger partial charge in [0.2, 0.25) is 11.8 Å². The van der Waals surface area contributed by atoms with Crippen LogP contribution in [0.15, 0.2) is 30.3 Å². The molecule has 1 saturated heterocycles. The Morgan fingerprint density at radius 1 is 1.28 bits per heavy atom. The Kier molecular flexibility index (Phi) is 4.30. The van der Waals surface area contributed by atoms with Gasteiger partial charge in [0.15, 0.2) is 0 Å². The van der Waals surface area contributed by atoms with Gasteiger partial charge in [0, 0.05) is 0 Å². The van der Waals surface area contributed by atoms with E-state index in [9.17, 15) is 9.59 Å². The zero-order valence-electron chi connectivity index (χ0n) is 10.0. The van der Waals surface area contributed by atoms with E-state index in [1.165, 1.54) is 0 Å². The first-order valence-electron chi connectivity index (χ1n) is 6.00. The molecule has 1 fully saturated rings. The van der Waals surface area contributed by atoms with E-state index < -0.39 is 0 Å². The lowest BCUT2D eigenvalue weighted by molar-refractivity contribution is -0.125. The van der Waals surface area contributed by atoms with Gasteiger partial charge in [-0.2, -0.15) is 0 Å². The summed E-state index contributed by atoms with van der Waals surface area (Å²) in [4.78, 5) is 22.2. The van der Waals surface area contributed by atoms with Gasteiger partial charge in [-0.25, -0.2) is 0 Å². The highest BCUT2D eigenvalue weighted by atomic mass is 16.5. The second-order valence-corrected chi connectivity index (χ2v) is 4.14. The van der Waals surface area contributed by atoms with E-state index in [4.69, 9.17) is 4.74 Å². The summed E-state index contributed by atoms with van der Waals surface area (Å²) in [7, 11) is 0. The van der Waals surface area contributed by atoms with Crippen molar-refractivity contribution in [2.45, 2.75) is 18.9 Å². The Hall–Kier alpha value is -1.88. The number of imide groups is 1. The molecule has 2 amide bonds. The van der Waals surface area contributed by atoms with Crippen LogP contribution in [0.3, 0.4) is 0 Å². The molecule has 0 radical (unpaired) electrons. The molecule has 1 aliphatic rings. The van der Waals surface area contributed by atoms with Gasteiger partial charge in [-0.3, -0.25) is 14.9 Å². The zero-order chi connectivity index (χ0) is 12.8. The lowest BCUT2D eigenvalue weighted by Gasteiger charge is -2.09. The van der Waals surface area contributed by atoms with Gasteiger partial charge in [0.05, 0.1) is 19.1 Å². The molecule has 18 heavy (non-hydrogen) atoms. The largest absolute Gasteiger partial charge is 0.494 e. The topological polar surface area (TPSA) is 67.4 Å². The smallest absolute Gasteiger partial charge is 0.244 e. The van der Waals surface area contributed by atoms with Crippen LogP contribution in [-0.2, 0) is 9.59 Å². The molecule has 1 heterocycles. The Labute approximate surface area is 106 Å². The van der Waals surface area contributed by atoms with Gasteiger partial charge >= 0.3 is 0 Å². The molecule has 0 saturated carbocycles. The summed E-state index contributed by atoms with van der Waals surface area (Å²) in [5.74, 6) is 0.397. The van der Waals surface area contributed by atoms with Crippen molar-refractivity contribution in [3.63, 3.8) is 0 Å². The number of carbonyl (C=O) groups is 2. The number of nitrogens with one attached hydrogen (secondary N) is 2. The molecular weight excluding hydrogens is 232 g/mol. The molecule has 1 atom stereocenters. The predicted octanol–water partition coefficient (Wildman–Crippen LogP) is 0.460. The summed E-state index contributed by atoms with van der Waals surface area (Å²) in [5, 5.41) is 5.30. The lowest BCUT2D eigenvalue weighted by Crippen LogP contribution is -2.37. The fourth-order valence-electron chi connectivity index (χ4n) is 1.77. The summed E-state index contributed by atoms with van der Waals surface area (Å²) >= 11 is 0. The molecule has 2 N–H and O–H groups in total. The number of rotatable bonds is 6. The van der Waals surface area contributed by atoms with Gasteiger partial charge in [0.25, 0.3) is 0 Å². The maximum atomic E-state index is 11.2. The molecular formula is C13H16N2O3. The summed E-state index contributed by atoms with van der Waals surface area (Å²) in [6.07, 6.45) is 1.02. The minimum Gasteiger partial charge on any atom is -0.494 e. The van der Waals surface area contributed by atoms with Gasteiger partial charge in [-0.15, -0.1) is 0 Å². The number of hydrogen-bond acceptors (Lipinski definition) is 4. The SMILES string of the molecule is O=C1CC(NCCCOc2ccccc2)C(=O)N1. The molecule has 1 aliphatic heterocycles. The number of ether oxygens (including phenoxy) is 1. The van der Waals surface area contributed by atoms with Crippen LogP contribution in [0.1, 0.15) is 12.8 Å². The first-order chi connectivity index (χ1) is 8.75. The average Bonchev–Trinajstić information content (AvgIpc) is 2.69. The van der Waals surface area contributed by atoms with Gasteiger partial charge < -0.3 is 10.1 Å². The molecule has 0 aliphatic carbocycles. The van der Waals surface area contributed by atoms with Crippen LogP contribution in [0.2, 0.25) is 0 Å². The second-order valence-electron chi connectivity index (χ2n) is 4.14. The normalized spacial score (nSPS) is 18.8. The number of amides is 2. The molecule has 0 bridgehead atoms. The van der Waals surface area contributed by atoms with E-state index in [0.29, 0.717) is 13.2 Å². The molecule has 5 nitrogen and oxygen atoms in total. The third-order valence-electron chi connectivity index (χ3n) is 2.69. The standard InChI is InChI=1S/C13H16N2O3/c16-12-9-11(13(17)15-12)14-7-4-8-18-10-5-2-1-3-6-10/h1-3,5-6,11,14H,4,7-9H2,(H,15,16,17). The van der Waals surface area contributed by atoms with E-state index in [2.05, 4.69) is 10.6 Å². The third-order valence-corrected chi connectivity index (χ3v) is 2.69. The maximum Gasteiger partial charge on any atom is 0.244 e. The quantitative estimate of drug-likeness (QED) is 0.567. The fourth-order valence-corrected chi connectivity index (χ4v) is 1.77. The number of hydrogen-bond donors (Lipinski definition) is 2. The van der Waals surface area contributed by atoms with Crippen molar-refractivity contribution in [3.8, 4) is 5.75 Å². The first-order valence-corrected chi connectivity index (χ1v) is 6.00. The fraction of sp³-hybridized carbons (Fsp3) is 0.385. The molecule has 5 heteroatoms. The molecule has 96 valence electrons. The summed E-state index contributed by atoms with van der Waals surface area (Å²) in [6, 6.07) is 9.19. The molecule has 0 spiro atoms. The molecule has 2 rings (SSSR count). The number of benzene rings is 1. The minimum atomic E-state index is -0.380. The Morgan fingerprint density at radius 2 is 2.06 bits per heavy atom. The van der Waals surface area contributed by atoms with Crippen molar-refractivity contribution in [1.82, 2.24) is 10.6 Å². The van der Waals surface area contributed by atoms with E-state index in [1.54, 1.807) is 0 Å². The Morgan fingerprint density at radius 3 is 2.72 bits per heavy atom. The second kappa shape index (κ2) is 6.16. The Balaban J connectivity index is 1.59. The third kappa shape index (κ3) is 3.56. The van der Waals surface area contributed by atoms with E-state index >= 15 is 0 Å². The number of para-hydroxylation sites is 1. The van der Waals surface area contributed by atoms with Gasteiger partial charge in [0.1, 0.15) is 5.75 Å². The molecule has 0 aromatic heterocycles. The van der Waals surface area contributed by atoms with Crippen LogP contribution in [-0.4, -0.2) is 31.0 Å². The van der Waals surface area contributed by atoms with Gasteiger partial charge in [-0.05, 0) is 25.1 Å². The van der Waals surface area contributed by atoms with Crippen molar-refractivity contribution in [3.05, 3.63) is 30.3 Å². The van der Waals surface area contributed by atoms with Crippen molar-refractivity contribution >= 4 is 11.8 Å². The zero-order valence-corrected chi connectivity index (χ0v) is 10.0. The van der Waals surface area contributed by atoms with Crippen LogP contribution in [0.4, 0.5) is 0 Å². The van der Waals surface area contributed by atoms with E-state index in [-0.39, 0.29) is 24.3 Å². The van der Waals surface area contributed by atoms with Crippen molar-refractivity contribution in [2.75, 3.05) is 13.2 Å². The lowest BCUT2D eigenvalue weighted by atomic mass is 10.2. The van der Waals surface area contributed by atoms with Crippen LogP contribution < -0.4 is 15.4 Å². The van der Waals surface area contributed by atoms with Gasteiger partial charge in [-0.1, -0.05) is 18.2 Å².